The minimum atomic E-state index is -0.0690. The predicted octanol–water partition coefficient (Wildman–Crippen LogP) is 1.95. The molecule has 1 amide bonds. The summed E-state index contributed by atoms with van der Waals surface area (Å²) in [7, 11) is 3.32. The molecule has 0 fully saturated rings. The number of halogens is 1. The highest BCUT2D eigenvalue weighted by Crippen LogP contribution is 2.15. The van der Waals surface area contributed by atoms with E-state index in [1.165, 1.54) is 0 Å². The Hall–Kier alpha value is -1.11. The van der Waals surface area contributed by atoms with Crippen LogP contribution in [0.2, 0.25) is 0 Å². The molecule has 6 heteroatoms. The van der Waals surface area contributed by atoms with Crippen LogP contribution in [0.5, 0.6) is 5.75 Å². The summed E-state index contributed by atoms with van der Waals surface area (Å²) in [5.41, 5.74) is 0. The van der Waals surface area contributed by atoms with Gasteiger partial charge in [-0.1, -0.05) is 15.9 Å². The fourth-order valence-corrected chi connectivity index (χ4v) is 1.63. The van der Waals surface area contributed by atoms with Crippen molar-refractivity contribution < 1.29 is 19.0 Å². The van der Waals surface area contributed by atoms with Gasteiger partial charge in [0.2, 0.25) is 5.91 Å². The van der Waals surface area contributed by atoms with Gasteiger partial charge in [0, 0.05) is 18.6 Å². The minimum absolute atomic E-state index is 0.0676. The Kier molecular flexibility index (Phi) is 8.25. The van der Waals surface area contributed by atoms with Crippen molar-refractivity contribution in [2.45, 2.75) is 0 Å². The number of rotatable bonds is 9. The summed E-state index contributed by atoms with van der Waals surface area (Å²) < 4.78 is 16.6. The lowest BCUT2D eigenvalue weighted by molar-refractivity contribution is -0.135. The monoisotopic (exact) mass is 345 g/mol. The second kappa shape index (κ2) is 9.74. The average Bonchev–Trinajstić information content (AvgIpc) is 2.45. The number of benzene rings is 1. The van der Waals surface area contributed by atoms with Gasteiger partial charge in [0.05, 0.1) is 19.8 Å². The highest BCUT2D eigenvalue weighted by Gasteiger charge is 2.08. The molecule has 1 aromatic rings. The van der Waals surface area contributed by atoms with Crippen LogP contribution in [0.15, 0.2) is 28.7 Å². The van der Waals surface area contributed by atoms with Crippen LogP contribution in [-0.2, 0) is 14.3 Å². The summed E-state index contributed by atoms with van der Waals surface area (Å²) in [6.07, 6.45) is 0. The molecule has 0 unspecified atom stereocenters. The van der Waals surface area contributed by atoms with Crippen LogP contribution in [-0.4, -0.2) is 57.9 Å². The molecule has 0 saturated carbocycles. The zero-order valence-corrected chi connectivity index (χ0v) is 13.4. The molecule has 0 aromatic heterocycles. The zero-order chi connectivity index (χ0) is 14.8. The van der Waals surface area contributed by atoms with E-state index < -0.39 is 0 Å². The lowest BCUT2D eigenvalue weighted by atomic mass is 10.3. The van der Waals surface area contributed by atoms with Gasteiger partial charge in [-0.05, 0) is 24.3 Å². The van der Waals surface area contributed by atoms with Crippen LogP contribution in [0.1, 0.15) is 0 Å². The molecule has 1 rings (SSSR count). The quantitative estimate of drug-likeness (QED) is 0.642. The van der Waals surface area contributed by atoms with E-state index >= 15 is 0 Å². The van der Waals surface area contributed by atoms with Crippen molar-refractivity contribution in [3.8, 4) is 5.75 Å². The van der Waals surface area contributed by atoms with Crippen LogP contribution in [0, 0.1) is 0 Å². The number of hydrogen-bond acceptors (Lipinski definition) is 4. The number of likely N-dealkylation sites (N-methyl/N-ethyl adjacent to an activating group) is 1. The first-order chi connectivity index (χ1) is 9.63. The second-order valence-corrected chi connectivity index (χ2v) is 5.08. The van der Waals surface area contributed by atoms with Crippen molar-refractivity contribution in [1.29, 1.82) is 0 Å². The van der Waals surface area contributed by atoms with Gasteiger partial charge in [-0.15, -0.1) is 0 Å². The maximum absolute atomic E-state index is 11.7. The fraction of sp³-hybridized carbons (Fsp3) is 0.500. The van der Waals surface area contributed by atoms with Gasteiger partial charge in [-0.25, -0.2) is 0 Å². The van der Waals surface area contributed by atoms with E-state index in [4.69, 9.17) is 14.2 Å². The molecule has 0 bridgehead atoms. The number of methoxy groups -OCH3 is 1. The van der Waals surface area contributed by atoms with Gasteiger partial charge < -0.3 is 19.1 Å². The van der Waals surface area contributed by atoms with Crippen LogP contribution in [0.25, 0.3) is 0 Å². The SMILES string of the molecule is COCCOCC(=O)N(C)CCOc1ccc(Br)cc1. The minimum Gasteiger partial charge on any atom is -0.492 e. The second-order valence-electron chi connectivity index (χ2n) is 4.16. The lowest BCUT2D eigenvalue weighted by Gasteiger charge is -2.17. The van der Waals surface area contributed by atoms with Crippen LogP contribution in [0.3, 0.4) is 0 Å². The van der Waals surface area contributed by atoms with Crippen LogP contribution < -0.4 is 4.74 Å². The van der Waals surface area contributed by atoms with Gasteiger partial charge in [0.25, 0.3) is 0 Å². The summed E-state index contributed by atoms with van der Waals surface area (Å²) >= 11 is 3.36. The average molecular weight is 346 g/mol. The summed E-state index contributed by atoms with van der Waals surface area (Å²) in [5.74, 6) is 0.714. The van der Waals surface area contributed by atoms with Gasteiger partial charge in [0.15, 0.2) is 0 Å². The van der Waals surface area contributed by atoms with E-state index in [2.05, 4.69) is 15.9 Å². The molecule has 5 nitrogen and oxygen atoms in total. The summed E-state index contributed by atoms with van der Waals surface area (Å²) in [5, 5.41) is 0. The van der Waals surface area contributed by atoms with Gasteiger partial charge in [0.1, 0.15) is 19.0 Å². The van der Waals surface area contributed by atoms with E-state index in [0.717, 1.165) is 10.2 Å². The molecular weight excluding hydrogens is 326 g/mol. The van der Waals surface area contributed by atoms with Gasteiger partial charge >= 0.3 is 0 Å². The van der Waals surface area contributed by atoms with E-state index in [1.54, 1.807) is 19.1 Å². The molecular formula is C14H20BrNO4. The standard InChI is InChI=1S/C14H20BrNO4/c1-16(14(17)11-19-10-9-18-2)7-8-20-13-5-3-12(15)4-6-13/h3-6H,7-11H2,1-2H3. The molecule has 0 saturated heterocycles. The Bertz CT molecular complexity index is 397. The summed E-state index contributed by atoms with van der Waals surface area (Å²) in [6, 6.07) is 7.57. The van der Waals surface area contributed by atoms with Crippen LogP contribution in [0.4, 0.5) is 0 Å². The third-order valence-corrected chi connectivity index (χ3v) is 3.12. The van der Waals surface area contributed by atoms with E-state index in [0.29, 0.717) is 26.4 Å². The van der Waals surface area contributed by atoms with Gasteiger partial charge in [-0.3, -0.25) is 4.79 Å². The summed E-state index contributed by atoms with van der Waals surface area (Å²) in [4.78, 5) is 13.3. The number of carbonyl (C=O) groups excluding carboxylic acids is 1. The molecule has 1 aromatic carbocycles. The first-order valence-corrected chi connectivity index (χ1v) is 7.12. The largest absolute Gasteiger partial charge is 0.492 e. The van der Waals surface area contributed by atoms with Gasteiger partial charge in [-0.2, -0.15) is 0 Å². The molecule has 20 heavy (non-hydrogen) atoms. The van der Waals surface area contributed by atoms with Crippen molar-refractivity contribution in [2.75, 3.05) is 47.1 Å². The lowest BCUT2D eigenvalue weighted by Crippen LogP contribution is -2.34. The maximum Gasteiger partial charge on any atom is 0.248 e. The number of hydrogen-bond donors (Lipinski definition) is 0. The third kappa shape index (κ3) is 6.88. The molecule has 0 aliphatic carbocycles. The molecule has 0 spiro atoms. The van der Waals surface area contributed by atoms with E-state index in [1.807, 2.05) is 24.3 Å². The van der Waals surface area contributed by atoms with E-state index in [-0.39, 0.29) is 12.5 Å². The Morgan fingerprint density at radius 2 is 1.90 bits per heavy atom. The molecule has 0 atom stereocenters. The molecule has 0 radical (unpaired) electrons. The Labute approximate surface area is 127 Å². The molecule has 0 N–H and O–H groups in total. The smallest absolute Gasteiger partial charge is 0.248 e. The predicted molar refractivity (Wildman–Crippen MR) is 80.0 cm³/mol. The Balaban J connectivity index is 2.17. The maximum atomic E-state index is 11.7. The highest BCUT2D eigenvalue weighted by molar-refractivity contribution is 9.10. The van der Waals surface area contributed by atoms with Crippen molar-refractivity contribution in [1.82, 2.24) is 4.90 Å². The van der Waals surface area contributed by atoms with E-state index in [9.17, 15) is 4.79 Å². The number of amides is 1. The first-order valence-electron chi connectivity index (χ1n) is 6.32. The fourth-order valence-electron chi connectivity index (χ4n) is 1.37. The summed E-state index contributed by atoms with van der Waals surface area (Å²) in [6.45, 7) is 1.94. The van der Waals surface area contributed by atoms with Crippen molar-refractivity contribution in [3.63, 3.8) is 0 Å². The van der Waals surface area contributed by atoms with Crippen molar-refractivity contribution >= 4 is 21.8 Å². The number of ether oxygens (including phenoxy) is 3. The first kappa shape index (κ1) is 16.9. The number of carbonyl (C=O) groups is 1. The highest BCUT2D eigenvalue weighted by atomic mass is 79.9. The van der Waals surface area contributed by atoms with Crippen molar-refractivity contribution in [3.05, 3.63) is 28.7 Å². The van der Waals surface area contributed by atoms with Crippen molar-refractivity contribution in [2.24, 2.45) is 0 Å². The molecule has 0 aliphatic rings. The third-order valence-electron chi connectivity index (χ3n) is 2.59. The Morgan fingerprint density at radius 3 is 2.55 bits per heavy atom. The zero-order valence-electron chi connectivity index (χ0n) is 11.8. The number of nitrogens with zero attached hydrogens (tertiary/aromatic N) is 1. The Morgan fingerprint density at radius 1 is 1.20 bits per heavy atom. The molecule has 112 valence electrons. The van der Waals surface area contributed by atoms with Crippen LogP contribution >= 0.6 is 15.9 Å². The topological polar surface area (TPSA) is 48.0 Å². The normalized spacial score (nSPS) is 10.3. The molecule has 0 heterocycles. The molecule has 0 aliphatic heterocycles.